The lowest BCUT2D eigenvalue weighted by Gasteiger charge is -2.23. The standard InChI is InChI=1S/C12H17F2NO/c1-4-16-8(2)12(15-3)9-5-6-10(13)11(14)7-9/h5-8,12,15H,4H2,1-3H3. The van der Waals surface area contributed by atoms with Crippen LogP contribution in [-0.2, 0) is 4.74 Å². The molecule has 0 saturated carbocycles. The van der Waals surface area contributed by atoms with Gasteiger partial charge < -0.3 is 10.1 Å². The second-order valence-electron chi connectivity index (χ2n) is 3.60. The van der Waals surface area contributed by atoms with Crippen LogP contribution in [0.25, 0.3) is 0 Å². The van der Waals surface area contributed by atoms with Crippen molar-refractivity contribution in [3.63, 3.8) is 0 Å². The van der Waals surface area contributed by atoms with Gasteiger partial charge in [0.1, 0.15) is 0 Å². The zero-order valence-corrected chi connectivity index (χ0v) is 9.76. The van der Waals surface area contributed by atoms with Crippen LogP contribution >= 0.6 is 0 Å². The maximum Gasteiger partial charge on any atom is 0.159 e. The van der Waals surface area contributed by atoms with Crippen LogP contribution in [-0.4, -0.2) is 19.8 Å². The van der Waals surface area contributed by atoms with Crippen LogP contribution in [0.2, 0.25) is 0 Å². The topological polar surface area (TPSA) is 21.3 Å². The lowest BCUT2D eigenvalue weighted by molar-refractivity contribution is 0.0492. The van der Waals surface area contributed by atoms with Crippen LogP contribution < -0.4 is 5.32 Å². The number of halogens is 2. The molecule has 16 heavy (non-hydrogen) atoms. The molecule has 0 aliphatic heterocycles. The molecule has 0 fully saturated rings. The molecule has 2 nitrogen and oxygen atoms in total. The molecule has 0 aromatic heterocycles. The van der Waals surface area contributed by atoms with Crippen molar-refractivity contribution in [2.75, 3.05) is 13.7 Å². The molecule has 1 aromatic carbocycles. The fourth-order valence-electron chi connectivity index (χ4n) is 1.74. The average molecular weight is 229 g/mol. The highest BCUT2D eigenvalue weighted by atomic mass is 19.2. The average Bonchev–Trinajstić information content (AvgIpc) is 2.25. The van der Waals surface area contributed by atoms with Gasteiger partial charge in [-0.25, -0.2) is 8.78 Å². The van der Waals surface area contributed by atoms with E-state index in [-0.39, 0.29) is 12.1 Å². The fourth-order valence-corrected chi connectivity index (χ4v) is 1.74. The highest BCUT2D eigenvalue weighted by molar-refractivity contribution is 5.22. The molecule has 0 aliphatic carbocycles. The Bertz CT molecular complexity index is 344. The van der Waals surface area contributed by atoms with Crippen LogP contribution in [0, 0.1) is 11.6 Å². The van der Waals surface area contributed by atoms with E-state index in [1.807, 2.05) is 13.8 Å². The molecule has 0 heterocycles. The van der Waals surface area contributed by atoms with Crippen molar-refractivity contribution in [2.24, 2.45) is 0 Å². The van der Waals surface area contributed by atoms with Crippen LogP contribution in [0.3, 0.4) is 0 Å². The predicted molar refractivity (Wildman–Crippen MR) is 59.2 cm³/mol. The first kappa shape index (κ1) is 13.1. The van der Waals surface area contributed by atoms with E-state index >= 15 is 0 Å². The van der Waals surface area contributed by atoms with E-state index < -0.39 is 11.6 Å². The zero-order chi connectivity index (χ0) is 12.1. The molecule has 0 spiro atoms. The molecule has 1 rings (SSSR count). The van der Waals surface area contributed by atoms with Gasteiger partial charge in [0.15, 0.2) is 11.6 Å². The first-order chi connectivity index (χ1) is 7.60. The van der Waals surface area contributed by atoms with Crippen molar-refractivity contribution < 1.29 is 13.5 Å². The van der Waals surface area contributed by atoms with Crippen molar-refractivity contribution >= 4 is 0 Å². The maximum atomic E-state index is 13.1. The summed E-state index contributed by atoms with van der Waals surface area (Å²) in [5.41, 5.74) is 0.683. The number of ether oxygens (including phenoxy) is 1. The van der Waals surface area contributed by atoms with Crippen LogP contribution in [0.15, 0.2) is 18.2 Å². The Kier molecular flexibility index (Phi) is 4.83. The number of rotatable bonds is 5. The third kappa shape index (κ3) is 3.00. The number of likely N-dealkylation sites (N-methyl/N-ethyl adjacent to an activating group) is 1. The van der Waals surface area contributed by atoms with Crippen LogP contribution in [0.1, 0.15) is 25.5 Å². The molecule has 0 amide bonds. The highest BCUT2D eigenvalue weighted by Crippen LogP contribution is 2.20. The minimum absolute atomic E-state index is 0.0974. The van der Waals surface area contributed by atoms with Gasteiger partial charge >= 0.3 is 0 Å². The predicted octanol–water partition coefficient (Wildman–Crippen LogP) is 2.65. The van der Waals surface area contributed by atoms with E-state index in [0.29, 0.717) is 12.2 Å². The first-order valence-electron chi connectivity index (χ1n) is 5.34. The number of hydrogen-bond donors (Lipinski definition) is 1. The second kappa shape index (κ2) is 5.92. The fraction of sp³-hybridized carbons (Fsp3) is 0.500. The van der Waals surface area contributed by atoms with Crippen molar-refractivity contribution in [1.82, 2.24) is 5.32 Å². The van der Waals surface area contributed by atoms with Gasteiger partial charge in [-0.15, -0.1) is 0 Å². The Morgan fingerprint density at radius 2 is 2.00 bits per heavy atom. The van der Waals surface area contributed by atoms with E-state index in [2.05, 4.69) is 5.32 Å². The Morgan fingerprint density at radius 3 is 2.50 bits per heavy atom. The van der Waals surface area contributed by atoms with E-state index in [1.54, 1.807) is 13.1 Å². The van der Waals surface area contributed by atoms with Gasteiger partial charge in [-0.2, -0.15) is 0 Å². The van der Waals surface area contributed by atoms with Crippen LogP contribution in [0.5, 0.6) is 0 Å². The molecule has 0 bridgehead atoms. The SMILES string of the molecule is CCOC(C)C(NC)c1ccc(F)c(F)c1. The van der Waals surface area contributed by atoms with Gasteiger partial charge in [-0.1, -0.05) is 6.07 Å². The molecular weight excluding hydrogens is 212 g/mol. The smallest absolute Gasteiger partial charge is 0.159 e. The summed E-state index contributed by atoms with van der Waals surface area (Å²) in [6.07, 6.45) is -0.0974. The lowest BCUT2D eigenvalue weighted by atomic mass is 10.0. The summed E-state index contributed by atoms with van der Waals surface area (Å²) in [6, 6.07) is 3.75. The third-order valence-electron chi connectivity index (χ3n) is 2.51. The second-order valence-corrected chi connectivity index (χ2v) is 3.60. The third-order valence-corrected chi connectivity index (χ3v) is 2.51. The van der Waals surface area contributed by atoms with Crippen molar-refractivity contribution in [2.45, 2.75) is 26.0 Å². The highest BCUT2D eigenvalue weighted by Gasteiger charge is 2.18. The summed E-state index contributed by atoms with van der Waals surface area (Å²) >= 11 is 0. The minimum atomic E-state index is -0.832. The van der Waals surface area contributed by atoms with Gasteiger partial charge in [0.2, 0.25) is 0 Å². The van der Waals surface area contributed by atoms with E-state index in [1.165, 1.54) is 6.07 Å². The number of benzene rings is 1. The molecule has 2 atom stereocenters. The molecule has 90 valence electrons. The molecule has 1 N–H and O–H groups in total. The maximum absolute atomic E-state index is 13.1. The normalized spacial score (nSPS) is 14.8. The van der Waals surface area contributed by atoms with Crippen molar-refractivity contribution in [3.05, 3.63) is 35.4 Å². The molecule has 1 aromatic rings. The summed E-state index contributed by atoms with van der Waals surface area (Å²) in [5.74, 6) is -1.66. The summed E-state index contributed by atoms with van der Waals surface area (Å²) in [7, 11) is 1.77. The zero-order valence-electron chi connectivity index (χ0n) is 9.76. The van der Waals surface area contributed by atoms with E-state index in [4.69, 9.17) is 4.74 Å². The number of nitrogens with one attached hydrogen (secondary N) is 1. The quantitative estimate of drug-likeness (QED) is 0.838. The molecule has 0 saturated heterocycles. The largest absolute Gasteiger partial charge is 0.377 e. The Hall–Kier alpha value is -1.00. The summed E-state index contributed by atoms with van der Waals surface area (Å²) in [5, 5.41) is 3.04. The molecule has 2 unspecified atom stereocenters. The molecular formula is C12H17F2NO. The summed E-state index contributed by atoms with van der Waals surface area (Å²) in [4.78, 5) is 0. The van der Waals surface area contributed by atoms with Crippen LogP contribution in [0.4, 0.5) is 8.78 Å². The van der Waals surface area contributed by atoms with Gasteiger partial charge in [0.25, 0.3) is 0 Å². The van der Waals surface area contributed by atoms with Crippen molar-refractivity contribution in [1.29, 1.82) is 0 Å². The molecule has 4 heteroatoms. The number of hydrogen-bond acceptors (Lipinski definition) is 2. The lowest BCUT2D eigenvalue weighted by Crippen LogP contribution is -2.29. The van der Waals surface area contributed by atoms with Gasteiger partial charge in [-0.05, 0) is 38.6 Å². The first-order valence-corrected chi connectivity index (χ1v) is 5.34. The van der Waals surface area contributed by atoms with Gasteiger partial charge in [0.05, 0.1) is 12.1 Å². The Morgan fingerprint density at radius 1 is 1.31 bits per heavy atom. The monoisotopic (exact) mass is 229 g/mol. The molecule has 0 aliphatic rings. The Labute approximate surface area is 94.6 Å². The van der Waals surface area contributed by atoms with E-state index in [0.717, 1.165) is 6.07 Å². The molecule has 0 radical (unpaired) electrons. The summed E-state index contributed by atoms with van der Waals surface area (Å²) in [6.45, 7) is 4.38. The van der Waals surface area contributed by atoms with Gasteiger partial charge in [0, 0.05) is 6.61 Å². The Balaban J connectivity index is 2.90. The minimum Gasteiger partial charge on any atom is -0.377 e. The van der Waals surface area contributed by atoms with Gasteiger partial charge in [-0.3, -0.25) is 0 Å². The van der Waals surface area contributed by atoms with E-state index in [9.17, 15) is 8.78 Å². The summed E-state index contributed by atoms with van der Waals surface area (Å²) < 4.78 is 31.3. The van der Waals surface area contributed by atoms with Crippen molar-refractivity contribution in [3.8, 4) is 0 Å².